The molecule has 144 valence electrons. The molecule has 1 aliphatic heterocycles. The van der Waals surface area contributed by atoms with E-state index >= 15 is 0 Å². The maximum Gasteiger partial charge on any atom is 0.223 e. The quantitative estimate of drug-likeness (QED) is 0.751. The van der Waals surface area contributed by atoms with Crippen molar-refractivity contribution in [2.24, 2.45) is 0 Å². The number of nitrogen functional groups attached to an aromatic ring is 1. The summed E-state index contributed by atoms with van der Waals surface area (Å²) in [6.45, 7) is 7.05. The van der Waals surface area contributed by atoms with Crippen LogP contribution >= 0.6 is 11.6 Å². The van der Waals surface area contributed by atoms with Crippen LogP contribution in [0.3, 0.4) is 0 Å². The summed E-state index contributed by atoms with van der Waals surface area (Å²) in [7, 11) is 1.65. The number of aromatic nitrogens is 3. The number of amides is 1. The minimum Gasteiger partial charge on any atom is -0.496 e. The molecule has 3 N–H and O–H groups in total. The number of hydrogen-bond acceptors (Lipinski definition) is 7. The van der Waals surface area contributed by atoms with Crippen LogP contribution in [0.4, 0.5) is 11.8 Å². The zero-order chi connectivity index (χ0) is 19.7. The van der Waals surface area contributed by atoms with Gasteiger partial charge < -0.3 is 20.7 Å². The number of ether oxygens (including phenoxy) is 1. The van der Waals surface area contributed by atoms with Crippen molar-refractivity contribution in [2.45, 2.75) is 33.2 Å². The summed E-state index contributed by atoms with van der Waals surface area (Å²) in [5.41, 5.74) is 9.47. The molecular weight excluding hydrogens is 368 g/mol. The fourth-order valence-electron chi connectivity index (χ4n) is 3.47. The molecule has 2 aromatic rings. The Morgan fingerprint density at radius 3 is 2.85 bits per heavy atom. The number of carbonyl (C=O) groups excluding carboxylic acids is 1. The molecule has 0 bridgehead atoms. The van der Waals surface area contributed by atoms with Crippen molar-refractivity contribution in [1.29, 1.82) is 0 Å². The first-order chi connectivity index (χ1) is 12.8. The Morgan fingerprint density at radius 1 is 1.44 bits per heavy atom. The van der Waals surface area contributed by atoms with Gasteiger partial charge in [0.15, 0.2) is 0 Å². The number of fused-ring (bicyclic) bond motifs is 1. The molecular formula is C18H23ClN6O2. The van der Waals surface area contributed by atoms with Gasteiger partial charge in [0.25, 0.3) is 0 Å². The molecule has 0 aromatic carbocycles. The third kappa shape index (κ3) is 3.75. The van der Waals surface area contributed by atoms with Gasteiger partial charge in [-0.05, 0) is 13.8 Å². The van der Waals surface area contributed by atoms with Crippen molar-refractivity contribution in [3.63, 3.8) is 0 Å². The summed E-state index contributed by atoms with van der Waals surface area (Å²) < 4.78 is 5.50. The van der Waals surface area contributed by atoms with E-state index in [2.05, 4.69) is 25.2 Å². The molecule has 3 rings (SSSR count). The van der Waals surface area contributed by atoms with Crippen molar-refractivity contribution in [3.05, 3.63) is 33.7 Å². The summed E-state index contributed by atoms with van der Waals surface area (Å²) in [6, 6.07) is 0. The van der Waals surface area contributed by atoms with Gasteiger partial charge in [-0.2, -0.15) is 4.98 Å². The Balaban J connectivity index is 1.95. The second-order valence-electron chi connectivity index (χ2n) is 6.67. The molecule has 1 amide bonds. The third-order valence-electron chi connectivity index (χ3n) is 4.73. The molecule has 0 radical (unpaired) electrons. The van der Waals surface area contributed by atoms with Crippen molar-refractivity contribution in [3.8, 4) is 5.75 Å². The molecule has 1 aliphatic rings. The summed E-state index contributed by atoms with van der Waals surface area (Å²) in [5, 5.41) is 3.17. The van der Waals surface area contributed by atoms with Crippen LogP contribution in [0, 0.1) is 13.8 Å². The molecule has 0 aliphatic carbocycles. The van der Waals surface area contributed by atoms with E-state index in [1.165, 1.54) is 6.92 Å². The van der Waals surface area contributed by atoms with E-state index < -0.39 is 0 Å². The minimum absolute atomic E-state index is 0.0235. The van der Waals surface area contributed by atoms with Crippen LogP contribution in [0.5, 0.6) is 5.75 Å². The second kappa shape index (κ2) is 7.56. The van der Waals surface area contributed by atoms with Crippen molar-refractivity contribution in [1.82, 2.24) is 20.3 Å². The van der Waals surface area contributed by atoms with Gasteiger partial charge in [-0.25, -0.2) is 4.98 Å². The van der Waals surface area contributed by atoms with Gasteiger partial charge in [0.2, 0.25) is 11.9 Å². The van der Waals surface area contributed by atoms with Crippen LogP contribution < -0.4 is 20.7 Å². The fraction of sp³-hybridized carbons (Fsp3) is 0.444. The molecule has 27 heavy (non-hydrogen) atoms. The van der Waals surface area contributed by atoms with E-state index in [0.717, 1.165) is 28.1 Å². The van der Waals surface area contributed by atoms with E-state index in [0.29, 0.717) is 30.6 Å². The number of nitrogens with two attached hydrogens (primary N) is 1. The van der Waals surface area contributed by atoms with Crippen LogP contribution in [0.2, 0.25) is 5.15 Å². The van der Waals surface area contributed by atoms with Crippen LogP contribution in [0.1, 0.15) is 35.2 Å². The van der Waals surface area contributed by atoms with Crippen molar-refractivity contribution in [2.75, 3.05) is 30.8 Å². The lowest BCUT2D eigenvalue weighted by atomic mass is 10.0. The van der Waals surface area contributed by atoms with E-state index in [1.807, 2.05) is 13.8 Å². The van der Waals surface area contributed by atoms with Crippen LogP contribution in [0.25, 0.3) is 0 Å². The van der Waals surface area contributed by atoms with Gasteiger partial charge in [-0.15, -0.1) is 0 Å². The summed E-state index contributed by atoms with van der Waals surface area (Å²) >= 11 is 6.35. The Morgan fingerprint density at radius 2 is 2.19 bits per heavy atom. The number of nitrogens with zero attached hydrogens (tertiary/aromatic N) is 4. The van der Waals surface area contributed by atoms with Crippen LogP contribution in [0.15, 0.2) is 6.20 Å². The number of hydrogen-bond donors (Lipinski definition) is 2. The SMILES string of the molecule is COc1c(C)cnc(CN2CC(CNC(C)=O)c3c(Cl)nc(N)nc32)c1C. The monoisotopic (exact) mass is 390 g/mol. The van der Waals surface area contributed by atoms with Gasteiger partial charge in [0.1, 0.15) is 16.7 Å². The summed E-state index contributed by atoms with van der Waals surface area (Å²) in [5.74, 6) is 1.51. The number of aryl methyl sites for hydroxylation is 1. The molecule has 8 nitrogen and oxygen atoms in total. The van der Waals surface area contributed by atoms with E-state index in [-0.39, 0.29) is 17.8 Å². The Hall–Kier alpha value is -2.61. The molecule has 0 saturated carbocycles. The Bertz CT molecular complexity index is 889. The summed E-state index contributed by atoms with van der Waals surface area (Å²) in [4.78, 5) is 26.4. The zero-order valence-electron chi connectivity index (χ0n) is 15.8. The van der Waals surface area contributed by atoms with Gasteiger partial charge in [0.05, 0.1) is 19.3 Å². The largest absolute Gasteiger partial charge is 0.496 e. The van der Waals surface area contributed by atoms with E-state index in [9.17, 15) is 4.79 Å². The lowest BCUT2D eigenvalue weighted by molar-refractivity contribution is -0.119. The van der Waals surface area contributed by atoms with E-state index in [1.54, 1.807) is 13.3 Å². The first-order valence-corrected chi connectivity index (χ1v) is 9.01. The highest BCUT2D eigenvalue weighted by Crippen LogP contribution is 2.40. The average molecular weight is 391 g/mol. The first-order valence-electron chi connectivity index (χ1n) is 8.63. The number of anilines is 2. The minimum atomic E-state index is -0.0942. The standard InChI is InChI=1S/C18H23ClN6O2/c1-9-5-22-13(10(2)15(9)27-4)8-25-7-12(6-21-11(3)26)14-16(19)23-18(20)24-17(14)25/h5,12H,6-8H2,1-4H3,(H,21,26)(H2,20,23,24). The molecule has 0 saturated heterocycles. The highest BCUT2D eigenvalue weighted by molar-refractivity contribution is 6.30. The van der Waals surface area contributed by atoms with E-state index in [4.69, 9.17) is 22.1 Å². The first kappa shape index (κ1) is 19.2. The maximum atomic E-state index is 11.3. The highest BCUT2D eigenvalue weighted by atomic mass is 35.5. The molecule has 3 heterocycles. The molecule has 0 fully saturated rings. The molecule has 9 heteroatoms. The van der Waals surface area contributed by atoms with Gasteiger partial charge in [0, 0.05) is 48.8 Å². The lowest BCUT2D eigenvalue weighted by Crippen LogP contribution is -2.30. The van der Waals surface area contributed by atoms with Crippen molar-refractivity contribution >= 4 is 29.3 Å². The average Bonchev–Trinajstić information content (AvgIpc) is 2.94. The topological polar surface area (TPSA) is 106 Å². The lowest BCUT2D eigenvalue weighted by Gasteiger charge is -2.21. The van der Waals surface area contributed by atoms with Crippen molar-refractivity contribution < 1.29 is 9.53 Å². The van der Waals surface area contributed by atoms with Gasteiger partial charge in [-0.3, -0.25) is 9.78 Å². The number of rotatable bonds is 5. The second-order valence-corrected chi connectivity index (χ2v) is 7.03. The van der Waals surface area contributed by atoms with Gasteiger partial charge >= 0.3 is 0 Å². The Kier molecular flexibility index (Phi) is 5.36. The predicted octanol–water partition coefficient (Wildman–Crippen LogP) is 1.97. The number of pyridine rings is 1. The zero-order valence-corrected chi connectivity index (χ0v) is 16.6. The molecule has 0 spiro atoms. The molecule has 1 unspecified atom stereocenters. The smallest absolute Gasteiger partial charge is 0.223 e. The molecule has 2 aromatic heterocycles. The Labute approximate surface area is 163 Å². The predicted molar refractivity (Wildman–Crippen MR) is 104 cm³/mol. The third-order valence-corrected chi connectivity index (χ3v) is 5.02. The van der Waals surface area contributed by atoms with Crippen LogP contribution in [-0.4, -0.2) is 41.1 Å². The maximum absolute atomic E-state index is 11.3. The normalized spacial score (nSPS) is 15.6. The summed E-state index contributed by atoms with van der Waals surface area (Å²) in [6.07, 6.45) is 1.80. The highest BCUT2D eigenvalue weighted by Gasteiger charge is 2.34. The number of halogens is 1. The van der Waals surface area contributed by atoms with Gasteiger partial charge in [-0.1, -0.05) is 11.6 Å². The number of carbonyl (C=O) groups is 1. The number of methoxy groups -OCH3 is 1. The molecule has 1 atom stereocenters. The fourth-order valence-corrected chi connectivity index (χ4v) is 3.79. The number of nitrogens with one attached hydrogen (secondary N) is 1. The van der Waals surface area contributed by atoms with Crippen LogP contribution in [-0.2, 0) is 11.3 Å².